The van der Waals surface area contributed by atoms with E-state index in [2.05, 4.69) is 0 Å². The number of hydrogen-bond donors (Lipinski definition) is 1. The summed E-state index contributed by atoms with van der Waals surface area (Å²) < 4.78 is 11.8. The highest BCUT2D eigenvalue weighted by molar-refractivity contribution is 5.39. The molecule has 0 bridgehead atoms. The molecule has 3 nitrogen and oxygen atoms in total. The molecule has 25 heavy (non-hydrogen) atoms. The van der Waals surface area contributed by atoms with Crippen molar-refractivity contribution < 1.29 is 14.6 Å². The fourth-order valence-electron chi connectivity index (χ4n) is 2.48. The number of aliphatic hydroxyl groups excluding tert-OH is 1. The summed E-state index contributed by atoms with van der Waals surface area (Å²) >= 11 is 0. The van der Waals surface area contributed by atoms with E-state index in [1.165, 1.54) is 0 Å². The van der Waals surface area contributed by atoms with Gasteiger partial charge in [-0.3, -0.25) is 0 Å². The first kappa shape index (κ1) is 17.1. The minimum Gasteiger partial charge on any atom is -0.489 e. The zero-order chi connectivity index (χ0) is 17.5. The average molecular weight is 334 g/mol. The van der Waals surface area contributed by atoms with E-state index >= 15 is 0 Å². The van der Waals surface area contributed by atoms with Gasteiger partial charge in [0.2, 0.25) is 0 Å². The average Bonchev–Trinajstić information content (AvgIpc) is 2.66. The van der Waals surface area contributed by atoms with Crippen molar-refractivity contribution in [3.8, 4) is 11.5 Å². The Hall–Kier alpha value is -2.78. The molecular formula is C22H22O3. The van der Waals surface area contributed by atoms with Gasteiger partial charge in [-0.05, 0) is 35.7 Å². The second-order valence-electron chi connectivity index (χ2n) is 5.96. The van der Waals surface area contributed by atoms with Crippen LogP contribution in [0.4, 0.5) is 0 Å². The second kappa shape index (κ2) is 8.36. The maximum Gasteiger partial charge on any atom is 0.123 e. The molecule has 0 amide bonds. The lowest BCUT2D eigenvalue weighted by Crippen LogP contribution is -2.00. The maximum absolute atomic E-state index is 9.93. The molecule has 3 rings (SSSR count). The topological polar surface area (TPSA) is 38.7 Å². The molecule has 0 fully saturated rings. The fourth-order valence-corrected chi connectivity index (χ4v) is 2.48. The molecule has 0 aliphatic carbocycles. The van der Waals surface area contributed by atoms with Crippen LogP contribution in [-0.2, 0) is 13.2 Å². The Balaban J connectivity index is 1.72. The molecule has 1 atom stereocenters. The third kappa shape index (κ3) is 5.10. The van der Waals surface area contributed by atoms with Gasteiger partial charge >= 0.3 is 0 Å². The third-order valence-electron chi connectivity index (χ3n) is 3.88. The van der Waals surface area contributed by atoms with E-state index in [-0.39, 0.29) is 0 Å². The highest BCUT2D eigenvalue weighted by Gasteiger charge is 2.08. The van der Waals surface area contributed by atoms with Crippen molar-refractivity contribution in [1.29, 1.82) is 0 Å². The summed E-state index contributed by atoms with van der Waals surface area (Å²) in [7, 11) is 0. The van der Waals surface area contributed by atoms with Crippen LogP contribution in [0.25, 0.3) is 0 Å². The van der Waals surface area contributed by atoms with E-state index in [0.717, 1.165) is 16.7 Å². The molecule has 0 unspecified atom stereocenters. The van der Waals surface area contributed by atoms with E-state index in [1.807, 2.05) is 78.9 Å². The monoisotopic (exact) mass is 334 g/mol. The van der Waals surface area contributed by atoms with Crippen LogP contribution in [0.2, 0.25) is 0 Å². The molecule has 0 radical (unpaired) electrons. The zero-order valence-electron chi connectivity index (χ0n) is 14.3. The number of hydrogen-bond acceptors (Lipinski definition) is 3. The molecule has 0 aliphatic heterocycles. The highest BCUT2D eigenvalue weighted by atomic mass is 16.5. The molecular weight excluding hydrogens is 312 g/mol. The van der Waals surface area contributed by atoms with E-state index < -0.39 is 6.10 Å². The largest absolute Gasteiger partial charge is 0.489 e. The number of benzene rings is 3. The van der Waals surface area contributed by atoms with Crippen LogP contribution in [0.15, 0.2) is 78.9 Å². The van der Waals surface area contributed by atoms with Crippen LogP contribution >= 0.6 is 0 Å². The molecule has 0 spiro atoms. The van der Waals surface area contributed by atoms with Crippen molar-refractivity contribution >= 4 is 0 Å². The van der Waals surface area contributed by atoms with Crippen molar-refractivity contribution in [1.82, 2.24) is 0 Å². The highest BCUT2D eigenvalue weighted by Crippen LogP contribution is 2.28. The van der Waals surface area contributed by atoms with Crippen molar-refractivity contribution in [3.63, 3.8) is 0 Å². The summed E-state index contributed by atoms with van der Waals surface area (Å²) in [5, 5.41) is 9.93. The van der Waals surface area contributed by atoms with Crippen molar-refractivity contribution in [3.05, 3.63) is 95.6 Å². The van der Waals surface area contributed by atoms with Gasteiger partial charge in [0.1, 0.15) is 24.7 Å². The Morgan fingerprint density at radius 2 is 1.16 bits per heavy atom. The molecule has 0 heterocycles. The summed E-state index contributed by atoms with van der Waals surface area (Å²) in [6, 6.07) is 25.5. The number of rotatable bonds is 7. The van der Waals surface area contributed by atoms with Gasteiger partial charge in [-0.2, -0.15) is 0 Å². The van der Waals surface area contributed by atoms with Crippen LogP contribution in [-0.4, -0.2) is 5.11 Å². The second-order valence-corrected chi connectivity index (χ2v) is 5.96. The Bertz CT molecular complexity index is 721. The van der Waals surface area contributed by atoms with Gasteiger partial charge in [0.25, 0.3) is 0 Å². The molecule has 3 heteroatoms. The van der Waals surface area contributed by atoms with E-state index in [1.54, 1.807) is 6.92 Å². The lowest BCUT2D eigenvalue weighted by Gasteiger charge is -2.14. The minimum absolute atomic E-state index is 0.474. The zero-order valence-corrected chi connectivity index (χ0v) is 14.3. The van der Waals surface area contributed by atoms with Crippen LogP contribution in [0, 0.1) is 0 Å². The first-order valence-corrected chi connectivity index (χ1v) is 8.37. The predicted molar refractivity (Wildman–Crippen MR) is 98.6 cm³/mol. The molecule has 128 valence electrons. The van der Waals surface area contributed by atoms with Crippen molar-refractivity contribution in [2.24, 2.45) is 0 Å². The van der Waals surface area contributed by atoms with Gasteiger partial charge in [-0.1, -0.05) is 60.7 Å². The Kier molecular flexibility index (Phi) is 5.70. The number of aliphatic hydroxyl groups is 1. The molecule has 0 aliphatic rings. The lowest BCUT2D eigenvalue weighted by atomic mass is 10.1. The molecule has 1 N–H and O–H groups in total. The van der Waals surface area contributed by atoms with Crippen LogP contribution in [0.1, 0.15) is 29.7 Å². The smallest absolute Gasteiger partial charge is 0.123 e. The van der Waals surface area contributed by atoms with Gasteiger partial charge in [0.05, 0.1) is 6.10 Å². The van der Waals surface area contributed by atoms with Crippen LogP contribution in [0.3, 0.4) is 0 Å². The Labute approximate surface area is 148 Å². The SMILES string of the molecule is C[C@H](O)c1cc(OCc2ccccc2)cc(OCc2ccccc2)c1. The molecule has 0 saturated carbocycles. The van der Waals surface area contributed by atoms with Gasteiger partial charge in [-0.25, -0.2) is 0 Å². The van der Waals surface area contributed by atoms with Crippen LogP contribution < -0.4 is 9.47 Å². The summed E-state index contributed by atoms with van der Waals surface area (Å²) in [6.07, 6.45) is -0.584. The van der Waals surface area contributed by atoms with Gasteiger partial charge < -0.3 is 14.6 Å². The normalized spacial score (nSPS) is 11.8. The molecule has 3 aromatic rings. The summed E-state index contributed by atoms with van der Waals surface area (Å²) in [6.45, 7) is 2.68. The van der Waals surface area contributed by atoms with E-state index in [0.29, 0.717) is 24.7 Å². The van der Waals surface area contributed by atoms with Gasteiger partial charge in [0.15, 0.2) is 0 Å². The first-order valence-electron chi connectivity index (χ1n) is 8.37. The van der Waals surface area contributed by atoms with E-state index in [9.17, 15) is 5.11 Å². The van der Waals surface area contributed by atoms with Crippen LogP contribution in [0.5, 0.6) is 11.5 Å². The quantitative estimate of drug-likeness (QED) is 0.668. The number of ether oxygens (including phenoxy) is 2. The Morgan fingerprint density at radius 1 is 0.720 bits per heavy atom. The van der Waals surface area contributed by atoms with Gasteiger partial charge in [0, 0.05) is 6.07 Å². The first-order chi connectivity index (χ1) is 12.2. The summed E-state index contributed by atoms with van der Waals surface area (Å²) in [5.41, 5.74) is 2.96. The fraction of sp³-hybridized carbons (Fsp3) is 0.182. The third-order valence-corrected chi connectivity index (χ3v) is 3.88. The molecule has 0 aromatic heterocycles. The molecule has 3 aromatic carbocycles. The summed E-state index contributed by atoms with van der Waals surface area (Å²) in [4.78, 5) is 0. The maximum atomic E-state index is 9.93. The minimum atomic E-state index is -0.584. The van der Waals surface area contributed by atoms with Gasteiger partial charge in [-0.15, -0.1) is 0 Å². The predicted octanol–water partition coefficient (Wildman–Crippen LogP) is 4.90. The van der Waals surface area contributed by atoms with Crippen molar-refractivity contribution in [2.45, 2.75) is 26.2 Å². The summed E-state index contributed by atoms with van der Waals surface area (Å²) in [5.74, 6) is 1.37. The molecule has 0 saturated heterocycles. The standard InChI is InChI=1S/C22H22O3/c1-17(23)20-12-21(24-15-18-8-4-2-5-9-18)14-22(13-20)25-16-19-10-6-3-7-11-19/h2-14,17,23H,15-16H2,1H3/t17-/m0/s1. The van der Waals surface area contributed by atoms with E-state index in [4.69, 9.17) is 9.47 Å². The Morgan fingerprint density at radius 3 is 1.56 bits per heavy atom. The lowest BCUT2D eigenvalue weighted by molar-refractivity contribution is 0.197. The van der Waals surface area contributed by atoms with Crippen molar-refractivity contribution in [2.75, 3.05) is 0 Å².